The van der Waals surface area contributed by atoms with E-state index in [1.54, 1.807) is 7.11 Å². The first-order chi connectivity index (χ1) is 8.79. The summed E-state index contributed by atoms with van der Waals surface area (Å²) in [5.41, 5.74) is 0. The zero-order valence-electron chi connectivity index (χ0n) is 11.5. The standard InChI is InChI=1S/C14H26N2O2/c1-18-10-9-16-7-5-12(6-8-16)11-15-14(17)13-3-2-4-13/h12-13H,2-11H2,1H3,(H,15,17). The maximum atomic E-state index is 11.7. The van der Waals surface area contributed by atoms with Gasteiger partial charge in [-0.3, -0.25) is 4.79 Å². The summed E-state index contributed by atoms with van der Waals surface area (Å²) in [5, 5.41) is 3.13. The Hall–Kier alpha value is -0.610. The van der Waals surface area contributed by atoms with E-state index >= 15 is 0 Å². The summed E-state index contributed by atoms with van der Waals surface area (Å²) in [5.74, 6) is 1.29. The molecule has 2 aliphatic rings. The van der Waals surface area contributed by atoms with Crippen molar-refractivity contribution in [1.29, 1.82) is 0 Å². The molecule has 1 N–H and O–H groups in total. The second kappa shape index (κ2) is 7.10. The average molecular weight is 254 g/mol. The summed E-state index contributed by atoms with van der Waals surface area (Å²) in [6.45, 7) is 5.04. The highest BCUT2D eigenvalue weighted by Gasteiger charge is 2.26. The first-order valence-corrected chi connectivity index (χ1v) is 7.28. The summed E-state index contributed by atoms with van der Waals surface area (Å²) in [6.07, 6.45) is 5.84. The van der Waals surface area contributed by atoms with Crippen molar-refractivity contribution in [2.24, 2.45) is 11.8 Å². The molecule has 1 saturated heterocycles. The Morgan fingerprint density at radius 1 is 1.28 bits per heavy atom. The molecule has 2 fully saturated rings. The number of carbonyl (C=O) groups excluding carboxylic acids is 1. The third kappa shape index (κ3) is 3.95. The van der Waals surface area contributed by atoms with E-state index < -0.39 is 0 Å². The summed E-state index contributed by atoms with van der Waals surface area (Å²) in [4.78, 5) is 14.2. The Bertz CT molecular complexity index is 259. The van der Waals surface area contributed by atoms with Crippen molar-refractivity contribution in [2.75, 3.05) is 39.9 Å². The van der Waals surface area contributed by atoms with Gasteiger partial charge in [-0.2, -0.15) is 0 Å². The van der Waals surface area contributed by atoms with Crippen LogP contribution in [0.1, 0.15) is 32.1 Å². The Kier molecular flexibility index (Phi) is 5.45. The van der Waals surface area contributed by atoms with Crippen LogP contribution < -0.4 is 5.32 Å². The van der Waals surface area contributed by atoms with Crippen LogP contribution in [0.4, 0.5) is 0 Å². The van der Waals surface area contributed by atoms with Crippen molar-refractivity contribution in [3.8, 4) is 0 Å². The van der Waals surface area contributed by atoms with Crippen LogP contribution in [0.25, 0.3) is 0 Å². The van der Waals surface area contributed by atoms with Crippen LogP contribution in [-0.4, -0.2) is 50.7 Å². The number of nitrogens with one attached hydrogen (secondary N) is 1. The van der Waals surface area contributed by atoms with E-state index in [9.17, 15) is 4.79 Å². The van der Waals surface area contributed by atoms with Crippen LogP contribution in [0.3, 0.4) is 0 Å². The molecule has 1 heterocycles. The molecule has 0 aromatic heterocycles. The lowest BCUT2D eigenvalue weighted by Crippen LogP contribution is -2.42. The predicted octanol–water partition coefficient (Wildman–Crippen LogP) is 1.26. The molecule has 0 unspecified atom stereocenters. The molecule has 1 aliphatic carbocycles. The summed E-state index contributed by atoms with van der Waals surface area (Å²) >= 11 is 0. The molecule has 0 atom stereocenters. The molecular weight excluding hydrogens is 228 g/mol. The van der Waals surface area contributed by atoms with Gasteiger partial charge >= 0.3 is 0 Å². The molecule has 1 aliphatic heterocycles. The van der Waals surface area contributed by atoms with Gasteiger partial charge in [-0.1, -0.05) is 6.42 Å². The highest BCUT2D eigenvalue weighted by Crippen LogP contribution is 2.26. The summed E-state index contributed by atoms with van der Waals surface area (Å²) in [6, 6.07) is 0. The van der Waals surface area contributed by atoms with Gasteiger partial charge < -0.3 is 15.0 Å². The minimum atomic E-state index is 0.295. The van der Waals surface area contributed by atoms with Crippen molar-refractivity contribution in [3.05, 3.63) is 0 Å². The first kappa shape index (κ1) is 13.8. The number of nitrogens with zero attached hydrogens (tertiary/aromatic N) is 1. The zero-order chi connectivity index (χ0) is 12.8. The molecule has 0 spiro atoms. The smallest absolute Gasteiger partial charge is 0.223 e. The predicted molar refractivity (Wildman–Crippen MR) is 71.4 cm³/mol. The molecule has 2 rings (SSSR count). The van der Waals surface area contributed by atoms with Crippen molar-refractivity contribution in [3.63, 3.8) is 0 Å². The molecule has 1 amide bonds. The van der Waals surface area contributed by atoms with Crippen molar-refractivity contribution >= 4 is 5.91 Å². The average Bonchev–Trinajstić information content (AvgIpc) is 2.33. The minimum Gasteiger partial charge on any atom is -0.383 e. The van der Waals surface area contributed by atoms with E-state index in [0.29, 0.717) is 17.7 Å². The molecule has 104 valence electrons. The largest absolute Gasteiger partial charge is 0.383 e. The number of methoxy groups -OCH3 is 1. The van der Waals surface area contributed by atoms with Gasteiger partial charge in [-0.25, -0.2) is 0 Å². The fraction of sp³-hybridized carbons (Fsp3) is 0.929. The van der Waals surface area contributed by atoms with E-state index in [0.717, 1.165) is 45.6 Å². The van der Waals surface area contributed by atoms with Crippen molar-refractivity contribution in [1.82, 2.24) is 10.2 Å². The van der Waals surface area contributed by atoms with Crippen LogP contribution in [-0.2, 0) is 9.53 Å². The third-order valence-corrected chi connectivity index (χ3v) is 4.36. The lowest BCUT2D eigenvalue weighted by molar-refractivity contribution is -0.127. The Morgan fingerprint density at radius 2 is 2.00 bits per heavy atom. The molecule has 0 radical (unpaired) electrons. The Balaban J connectivity index is 1.57. The van der Waals surface area contributed by atoms with Gasteiger partial charge in [0.2, 0.25) is 5.91 Å². The maximum absolute atomic E-state index is 11.7. The molecule has 18 heavy (non-hydrogen) atoms. The maximum Gasteiger partial charge on any atom is 0.223 e. The third-order valence-electron chi connectivity index (χ3n) is 4.36. The molecule has 4 heteroatoms. The lowest BCUT2D eigenvalue weighted by atomic mass is 9.84. The number of carbonyl (C=O) groups is 1. The van der Waals surface area contributed by atoms with Crippen LogP contribution in [0.15, 0.2) is 0 Å². The number of hydrogen-bond acceptors (Lipinski definition) is 3. The second-order valence-corrected chi connectivity index (χ2v) is 5.65. The molecular formula is C14H26N2O2. The number of likely N-dealkylation sites (tertiary alicyclic amines) is 1. The van der Waals surface area contributed by atoms with Gasteiger partial charge in [-0.05, 0) is 44.7 Å². The van der Waals surface area contributed by atoms with Gasteiger partial charge in [0, 0.05) is 26.1 Å². The van der Waals surface area contributed by atoms with E-state index in [-0.39, 0.29) is 0 Å². The molecule has 1 saturated carbocycles. The zero-order valence-corrected chi connectivity index (χ0v) is 11.5. The van der Waals surface area contributed by atoms with Crippen LogP contribution in [0.2, 0.25) is 0 Å². The highest BCUT2D eigenvalue weighted by atomic mass is 16.5. The van der Waals surface area contributed by atoms with Crippen LogP contribution in [0, 0.1) is 11.8 Å². The van der Waals surface area contributed by atoms with E-state index in [2.05, 4.69) is 10.2 Å². The molecule has 0 aromatic rings. The first-order valence-electron chi connectivity index (χ1n) is 7.28. The van der Waals surface area contributed by atoms with Crippen LogP contribution >= 0.6 is 0 Å². The number of hydrogen-bond donors (Lipinski definition) is 1. The van der Waals surface area contributed by atoms with Gasteiger partial charge in [0.15, 0.2) is 0 Å². The molecule has 0 bridgehead atoms. The van der Waals surface area contributed by atoms with E-state index in [4.69, 9.17) is 4.74 Å². The topological polar surface area (TPSA) is 41.6 Å². The van der Waals surface area contributed by atoms with E-state index in [1.807, 2.05) is 0 Å². The monoisotopic (exact) mass is 254 g/mol. The van der Waals surface area contributed by atoms with Crippen molar-refractivity contribution < 1.29 is 9.53 Å². The molecule has 4 nitrogen and oxygen atoms in total. The minimum absolute atomic E-state index is 0.295. The van der Waals surface area contributed by atoms with E-state index in [1.165, 1.54) is 19.3 Å². The number of piperidine rings is 1. The quantitative estimate of drug-likeness (QED) is 0.776. The summed E-state index contributed by atoms with van der Waals surface area (Å²) in [7, 11) is 1.75. The second-order valence-electron chi connectivity index (χ2n) is 5.65. The normalized spacial score (nSPS) is 22.7. The fourth-order valence-electron chi connectivity index (χ4n) is 2.69. The number of ether oxygens (including phenoxy) is 1. The van der Waals surface area contributed by atoms with Crippen molar-refractivity contribution in [2.45, 2.75) is 32.1 Å². The van der Waals surface area contributed by atoms with Gasteiger partial charge in [0.05, 0.1) is 6.61 Å². The highest BCUT2D eigenvalue weighted by molar-refractivity contribution is 5.79. The summed E-state index contributed by atoms with van der Waals surface area (Å²) < 4.78 is 5.10. The SMILES string of the molecule is COCCN1CCC(CNC(=O)C2CCC2)CC1. The number of rotatable bonds is 6. The van der Waals surface area contributed by atoms with Gasteiger partial charge in [-0.15, -0.1) is 0 Å². The molecule has 0 aromatic carbocycles. The van der Waals surface area contributed by atoms with Gasteiger partial charge in [0.1, 0.15) is 0 Å². The Labute approximate surface area is 110 Å². The van der Waals surface area contributed by atoms with Gasteiger partial charge in [0.25, 0.3) is 0 Å². The number of amides is 1. The lowest BCUT2D eigenvalue weighted by Gasteiger charge is -2.32. The van der Waals surface area contributed by atoms with Crippen LogP contribution in [0.5, 0.6) is 0 Å². The Morgan fingerprint density at radius 3 is 2.56 bits per heavy atom. The fourth-order valence-corrected chi connectivity index (χ4v) is 2.69.